The first-order chi connectivity index (χ1) is 17.0. The van der Waals surface area contributed by atoms with Crippen LogP contribution in [0.1, 0.15) is 37.4 Å². The summed E-state index contributed by atoms with van der Waals surface area (Å²) in [5, 5.41) is 16.7. The fourth-order valence-corrected chi connectivity index (χ4v) is 5.22. The number of carbonyl (C=O) groups excluding carboxylic acids is 1. The third-order valence-corrected chi connectivity index (χ3v) is 7.19. The Morgan fingerprint density at radius 3 is 2.63 bits per heavy atom. The fraction of sp³-hybridized carbons (Fsp3) is 0.269. The summed E-state index contributed by atoms with van der Waals surface area (Å²) in [5.41, 5.74) is 3.22. The summed E-state index contributed by atoms with van der Waals surface area (Å²) in [6.45, 7) is 2.58. The van der Waals surface area contributed by atoms with E-state index in [1.165, 1.54) is 16.4 Å². The molecule has 9 heteroatoms. The molecule has 0 fully saturated rings. The molecular formula is C26H24N6O2S. The summed E-state index contributed by atoms with van der Waals surface area (Å²) in [7, 11) is 0. The molecule has 0 aliphatic carbocycles. The molecule has 8 nitrogen and oxygen atoms in total. The van der Waals surface area contributed by atoms with Crippen molar-refractivity contribution in [1.29, 1.82) is 5.26 Å². The number of benzene rings is 2. The number of hydrogen-bond donors (Lipinski definition) is 1. The van der Waals surface area contributed by atoms with Crippen molar-refractivity contribution in [2.75, 3.05) is 5.32 Å². The smallest absolute Gasteiger partial charge is 0.284 e. The van der Waals surface area contributed by atoms with E-state index in [0.717, 1.165) is 37.9 Å². The van der Waals surface area contributed by atoms with Gasteiger partial charge >= 0.3 is 0 Å². The fourth-order valence-electron chi connectivity index (χ4n) is 4.27. The topological polar surface area (TPSA) is 106 Å². The maximum absolute atomic E-state index is 13.4. The Labute approximate surface area is 207 Å². The second-order valence-corrected chi connectivity index (χ2v) is 9.80. The number of para-hydroxylation sites is 1. The molecule has 0 bridgehead atoms. The van der Waals surface area contributed by atoms with Gasteiger partial charge in [-0.1, -0.05) is 36.4 Å². The van der Waals surface area contributed by atoms with Crippen molar-refractivity contribution in [3.63, 3.8) is 0 Å². The Morgan fingerprint density at radius 2 is 1.89 bits per heavy atom. The van der Waals surface area contributed by atoms with Crippen molar-refractivity contribution >= 4 is 23.4 Å². The first-order valence-corrected chi connectivity index (χ1v) is 12.5. The lowest BCUT2D eigenvalue weighted by molar-refractivity contribution is -0.115. The monoisotopic (exact) mass is 484 g/mol. The van der Waals surface area contributed by atoms with Crippen LogP contribution in [0.5, 0.6) is 0 Å². The van der Waals surface area contributed by atoms with Crippen molar-refractivity contribution in [3.05, 3.63) is 76.2 Å². The molecule has 0 aromatic heterocycles. The van der Waals surface area contributed by atoms with Gasteiger partial charge in [-0.15, -0.1) is 5.10 Å². The predicted octanol–water partition coefficient (Wildman–Crippen LogP) is 4.25. The molecule has 3 aliphatic rings. The standard InChI is InChI=1S/C26H24N6O2S/c1-17(24(33)28-19-13-11-18(16-27)12-14-19)35-26-29-23-22(21-10-6-3-7-15-31(21)26)25(34)32(30-23)20-8-4-2-5-9-20/h2,4-5,8-9,11-14,17H,3,6-7,10,15H2,1H3,(H,28,33)/t17-/m1/s1. The molecule has 35 heavy (non-hydrogen) atoms. The number of amides is 1. The van der Waals surface area contributed by atoms with Crippen molar-refractivity contribution in [1.82, 2.24) is 19.3 Å². The van der Waals surface area contributed by atoms with E-state index in [1.807, 2.05) is 37.3 Å². The molecule has 176 valence electrons. The van der Waals surface area contributed by atoms with Crippen molar-refractivity contribution in [2.24, 2.45) is 0 Å². The van der Waals surface area contributed by atoms with Crippen LogP contribution in [0.25, 0.3) is 17.1 Å². The SMILES string of the molecule is C[C@@H](Sc1nc2nn(-c3ccccc3)c(=O)c-2c2n1CCCCC2)C(=O)Nc1ccc(C#N)cc1. The van der Waals surface area contributed by atoms with Gasteiger partial charge in [-0.2, -0.15) is 9.94 Å². The van der Waals surface area contributed by atoms with Gasteiger partial charge < -0.3 is 9.88 Å². The van der Waals surface area contributed by atoms with E-state index in [2.05, 4.69) is 21.1 Å². The summed E-state index contributed by atoms with van der Waals surface area (Å²) in [5.74, 6) is 0.248. The van der Waals surface area contributed by atoms with Crippen LogP contribution in [-0.2, 0) is 17.8 Å². The summed E-state index contributed by atoms with van der Waals surface area (Å²) in [6.07, 6.45) is 3.83. The number of rotatable bonds is 5. The van der Waals surface area contributed by atoms with Crippen molar-refractivity contribution in [3.8, 4) is 23.1 Å². The third kappa shape index (κ3) is 4.57. The third-order valence-electron chi connectivity index (χ3n) is 6.10. The van der Waals surface area contributed by atoms with Crippen LogP contribution in [0, 0.1) is 11.3 Å². The molecule has 3 aliphatic heterocycles. The van der Waals surface area contributed by atoms with Crippen LogP contribution in [-0.4, -0.2) is 30.5 Å². The molecule has 0 radical (unpaired) electrons. The van der Waals surface area contributed by atoms with Gasteiger partial charge in [0.1, 0.15) is 5.56 Å². The van der Waals surface area contributed by atoms with E-state index in [1.54, 1.807) is 24.3 Å². The molecular weight excluding hydrogens is 460 g/mol. The van der Waals surface area contributed by atoms with Crippen LogP contribution in [0.4, 0.5) is 5.69 Å². The van der Waals surface area contributed by atoms with Crippen molar-refractivity contribution in [2.45, 2.75) is 49.6 Å². The number of anilines is 1. The Bertz CT molecular complexity index is 1440. The largest absolute Gasteiger partial charge is 0.325 e. The van der Waals surface area contributed by atoms with Crippen LogP contribution >= 0.6 is 11.8 Å². The van der Waals surface area contributed by atoms with Gasteiger partial charge in [0, 0.05) is 17.9 Å². The summed E-state index contributed by atoms with van der Waals surface area (Å²) >= 11 is 1.36. The molecule has 3 heterocycles. The number of nitriles is 1. The van der Waals surface area contributed by atoms with Crippen molar-refractivity contribution < 1.29 is 4.79 Å². The van der Waals surface area contributed by atoms with Gasteiger partial charge in [-0.05, 0) is 62.6 Å². The molecule has 0 spiro atoms. The van der Waals surface area contributed by atoms with Crippen LogP contribution in [0.3, 0.4) is 0 Å². The predicted molar refractivity (Wildman–Crippen MR) is 135 cm³/mol. The minimum atomic E-state index is -0.432. The summed E-state index contributed by atoms with van der Waals surface area (Å²) < 4.78 is 3.52. The minimum absolute atomic E-state index is 0.160. The second-order valence-electron chi connectivity index (χ2n) is 8.49. The summed E-state index contributed by atoms with van der Waals surface area (Å²) in [4.78, 5) is 31.0. The molecule has 0 saturated heterocycles. The Hall–Kier alpha value is -3.90. The van der Waals surface area contributed by atoms with E-state index < -0.39 is 5.25 Å². The zero-order valence-electron chi connectivity index (χ0n) is 19.3. The number of carbonyl (C=O) groups is 1. The Kier molecular flexibility index (Phi) is 6.38. The quantitative estimate of drug-likeness (QED) is 0.335. The highest BCUT2D eigenvalue weighted by atomic mass is 32.2. The zero-order chi connectivity index (χ0) is 24.4. The zero-order valence-corrected chi connectivity index (χ0v) is 20.1. The van der Waals surface area contributed by atoms with E-state index >= 15 is 0 Å². The van der Waals surface area contributed by atoms with Crippen LogP contribution in [0.2, 0.25) is 0 Å². The minimum Gasteiger partial charge on any atom is -0.325 e. The lowest BCUT2D eigenvalue weighted by Crippen LogP contribution is -2.24. The number of thioether (sulfide) groups is 1. The van der Waals surface area contributed by atoms with Gasteiger partial charge in [0.05, 0.1) is 22.6 Å². The normalized spacial score (nSPS) is 14.1. The lowest BCUT2D eigenvalue weighted by atomic mass is 10.1. The number of fused-ring (bicyclic) bond motifs is 3. The van der Waals surface area contributed by atoms with E-state index in [-0.39, 0.29) is 11.5 Å². The van der Waals surface area contributed by atoms with E-state index in [0.29, 0.717) is 33.5 Å². The highest BCUT2D eigenvalue weighted by molar-refractivity contribution is 8.00. The molecule has 1 amide bonds. The first kappa shape index (κ1) is 22.9. The second kappa shape index (κ2) is 9.76. The molecule has 2 aromatic rings. The first-order valence-electron chi connectivity index (χ1n) is 11.6. The number of hydrogen-bond acceptors (Lipinski definition) is 6. The summed E-state index contributed by atoms with van der Waals surface area (Å²) in [6, 6.07) is 18.2. The molecule has 0 saturated carbocycles. The highest BCUT2D eigenvalue weighted by Crippen LogP contribution is 2.32. The number of nitrogens with zero attached hydrogens (tertiary/aromatic N) is 5. The number of nitrogens with one attached hydrogen (secondary N) is 1. The average molecular weight is 485 g/mol. The lowest BCUT2D eigenvalue weighted by Gasteiger charge is -2.19. The Balaban J connectivity index is 1.49. The van der Waals surface area contributed by atoms with E-state index in [9.17, 15) is 9.59 Å². The van der Waals surface area contributed by atoms with Gasteiger partial charge in [0.15, 0.2) is 11.0 Å². The van der Waals surface area contributed by atoms with Gasteiger partial charge in [-0.25, -0.2) is 4.98 Å². The average Bonchev–Trinajstić information content (AvgIpc) is 3.04. The maximum atomic E-state index is 13.4. The molecule has 2 aromatic carbocycles. The van der Waals surface area contributed by atoms with E-state index in [4.69, 9.17) is 10.2 Å². The Morgan fingerprint density at radius 1 is 1.11 bits per heavy atom. The van der Waals surface area contributed by atoms with Gasteiger partial charge in [0.2, 0.25) is 5.91 Å². The van der Waals surface area contributed by atoms with Crippen LogP contribution in [0.15, 0.2) is 64.5 Å². The molecule has 5 rings (SSSR count). The molecule has 0 unspecified atom stereocenters. The maximum Gasteiger partial charge on any atom is 0.284 e. The molecule has 1 N–H and O–H groups in total. The van der Waals surface area contributed by atoms with Gasteiger partial charge in [-0.3, -0.25) is 9.59 Å². The van der Waals surface area contributed by atoms with Crippen LogP contribution < -0.4 is 10.9 Å². The van der Waals surface area contributed by atoms with Gasteiger partial charge in [0.25, 0.3) is 5.56 Å². The number of aromatic nitrogens is 4. The highest BCUT2D eigenvalue weighted by Gasteiger charge is 2.28. The molecule has 1 atom stereocenters.